The van der Waals surface area contributed by atoms with Crippen LogP contribution in [0.25, 0.3) is 0 Å². The summed E-state index contributed by atoms with van der Waals surface area (Å²) in [6.07, 6.45) is 0. The molecule has 1 aliphatic heterocycles. The minimum absolute atomic E-state index is 0.353. The Morgan fingerprint density at radius 2 is 2.15 bits per heavy atom. The molecule has 3 heterocycles. The molecule has 0 fully saturated rings. The second kappa shape index (κ2) is 6.97. The van der Waals surface area contributed by atoms with Crippen molar-refractivity contribution in [3.8, 4) is 0 Å². The molecule has 8 heteroatoms. The highest BCUT2D eigenvalue weighted by Crippen LogP contribution is 2.36. The van der Waals surface area contributed by atoms with Crippen molar-refractivity contribution >= 4 is 35.0 Å². The van der Waals surface area contributed by atoms with E-state index in [0.717, 1.165) is 11.3 Å². The van der Waals surface area contributed by atoms with Crippen LogP contribution in [0.5, 0.6) is 0 Å². The second-order valence-electron chi connectivity index (χ2n) is 5.92. The number of thiophene rings is 1. The molecule has 0 radical (unpaired) electrons. The van der Waals surface area contributed by atoms with Crippen LogP contribution in [0.2, 0.25) is 0 Å². The molecule has 26 heavy (non-hydrogen) atoms. The van der Waals surface area contributed by atoms with Crippen LogP contribution in [0.15, 0.2) is 63.6 Å². The van der Waals surface area contributed by atoms with Crippen LogP contribution in [0, 0.1) is 0 Å². The summed E-state index contributed by atoms with van der Waals surface area (Å²) in [7, 11) is 0. The molecule has 0 saturated carbocycles. The topological polar surface area (TPSA) is 85.8 Å². The van der Waals surface area contributed by atoms with E-state index in [1.54, 1.807) is 27.8 Å². The highest BCUT2D eigenvalue weighted by molar-refractivity contribution is 7.98. The zero-order valence-corrected chi connectivity index (χ0v) is 15.7. The van der Waals surface area contributed by atoms with E-state index in [9.17, 15) is 4.79 Å². The van der Waals surface area contributed by atoms with Gasteiger partial charge in [-0.25, -0.2) is 4.68 Å². The maximum atomic E-state index is 12.1. The lowest BCUT2D eigenvalue weighted by atomic mass is 9.98. The van der Waals surface area contributed by atoms with Gasteiger partial charge in [0.2, 0.25) is 17.0 Å². The first-order valence-corrected chi connectivity index (χ1v) is 9.99. The highest BCUT2D eigenvalue weighted by Gasteiger charge is 2.33. The van der Waals surface area contributed by atoms with E-state index in [2.05, 4.69) is 27.5 Å². The van der Waals surface area contributed by atoms with Crippen LogP contribution < -0.4 is 11.1 Å². The zero-order chi connectivity index (χ0) is 18.1. The summed E-state index contributed by atoms with van der Waals surface area (Å²) in [5.41, 5.74) is 9.07. The minimum Gasteiger partial charge on any atom is -0.366 e. The van der Waals surface area contributed by atoms with E-state index in [-0.39, 0.29) is 6.04 Å². The Hall–Kier alpha value is -2.58. The van der Waals surface area contributed by atoms with E-state index in [1.165, 1.54) is 5.56 Å². The summed E-state index contributed by atoms with van der Waals surface area (Å²) >= 11 is 3.14. The molecule has 1 aromatic carbocycles. The Balaban J connectivity index is 1.67. The van der Waals surface area contributed by atoms with Gasteiger partial charge in [-0.05, 0) is 34.9 Å². The van der Waals surface area contributed by atoms with Crippen molar-refractivity contribution in [1.29, 1.82) is 0 Å². The number of nitrogens with one attached hydrogen (secondary N) is 1. The zero-order valence-electron chi connectivity index (χ0n) is 14.0. The molecule has 1 atom stereocenters. The maximum Gasteiger partial charge on any atom is 0.248 e. The van der Waals surface area contributed by atoms with Gasteiger partial charge in [-0.1, -0.05) is 42.1 Å². The lowest BCUT2D eigenvalue weighted by molar-refractivity contribution is -0.115. The molecule has 2 aromatic heterocycles. The molecule has 4 rings (SSSR count). The van der Waals surface area contributed by atoms with Gasteiger partial charge in [0, 0.05) is 11.4 Å². The number of anilines is 1. The smallest absolute Gasteiger partial charge is 0.248 e. The van der Waals surface area contributed by atoms with Crippen molar-refractivity contribution in [1.82, 2.24) is 14.8 Å². The summed E-state index contributed by atoms with van der Waals surface area (Å²) in [5.74, 6) is 0.952. The lowest BCUT2D eigenvalue weighted by Gasteiger charge is -2.26. The van der Waals surface area contributed by atoms with E-state index >= 15 is 0 Å². The van der Waals surface area contributed by atoms with Crippen LogP contribution in [-0.2, 0) is 10.5 Å². The molecule has 1 amide bonds. The number of thioether (sulfide) groups is 1. The van der Waals surface area contributed by atoms with Crippen molar-refractivity contribution in [2.45, 2.75) is 23.9 Å². The number of nitrogens with zero attached hydrogens (tertiary/aromatic N) is 3. The number of hydrogen-bond acceptors (Lipinski definition) is 6. The Morgan fingerprint density at radius 1 is 1.35 bits per heavy atom. The van der Waals surface area contributed by atoms with Gasteiger partial charge < -0.3 is 11.1 Å². The first-order valence-electron chi connectivity index (χ1n) is 8.06. The van der Waals surface area contributed by atoms with E-state index in [1.807, 2.05) is 41.9 Å². The number of carbonyl (C=O) groups excluding carboxylic acids is 1. The molecule has 6 nitrogen and oxygen atoms in total. The molecule has 3 N–H and O–H groups in total. The first-order chi connectivity index (χ1) is 12.6. The number of primary amides is 1. The Labute approximate surface area is 159 Å². The fraction of sp³-hybridized carbons (Fsp3) is 0.167. The Bertz CT molecular complexity index is 963. The number of fused-ring (bicyclic) bond motifs is 1. The number of amides is 1. The third-order valence-electron chi connectivity index (χ3n) is 4.17. The second-order valence-corrected chi connectivity index (χ2v) is 7.65. The van der Waals surface area contributed by atoms with Gasteiger partial charge in [-0.2, -0.15) is 16.3 Å². The molecule has 1 unspecified atom stereocenters. The molecule has 132 valence electrons. The SMILES string of the molecule is CC1=C(C(N)=O)C(c2ccsc2)n2nc(SCc3ccccc3)nc2N1. The predicted molar refractivity (Wildman–Crippen MR) is 104 cm³/mol. The monoisotopic (exact) mass is 383 g/mol. The highest BCUT2D eigenvalue weighted by atomic mass is 32.2. The number of rotatable bonds is 5. The Kier molecular flexibility index (Phi) is 4.52. The number of carbonyl (C=O) groups is 1. The van der Waals surface area contributed by atoms with Gasteiger partial charge in [0.1, 0.15) is 6.04 Å². The van der Waals surface area contributed by atoms with E-state index in [0.29, 0.717) is 22.4 Å². The molecular weight excluding hydrogens is 366 g/mol. The quantitative estimate of drug-likeness (QED) is 0.660. The molecular formula is C18H17N5OS2. The largest absolute Gasteiger partial charge is 0.366 e. The van der Waals surface area contributed by atoms with E-state index in [4.69, 9.17) is 5.73 Å². The fourth-order valence-corrected chi connectivity index (χ4v) is 4.44. The standard InChI is InChI=1S/C18H17N5OS2/c1-11-14(16(19)24)15(13-7-8-25-10-13)23-17(20-11)21-18(22-23)26-9-12-5-3-2-4-6-12/h2-8,10,15H,9H2,1H3,(H2,19,24)(H,20,21,22). The summed E-state index contributed by atoms with van der Waals surface area (Å²) < 4.78 is 1.75. The van der Waals surface area contributed by atoms with E-state index < -0.39 is 5.91 Å². The summed E-state index contributed by atoms with van der Waals surface area (Å²) in [4.78, 5) is 16.6. The van der Waals surface area contributed by atoms with Gasteiger partial charge >= 0.3 is 0 Å². The number of nitrogens with two attached hydrogens (primary N) is 1. The normalized spacial score (nSPS) is 16.3. The number of aromatic nitrogens is 3. The van der Waals surface area contributed by atoms with Gasteiger partial charge in [0.15, 0.2) is 0 Å². The molecule has 0 aliphatic carbocycles. The van der Waals surface area contributed by atoms with Crippen LogP contribution in [0.3, 0.4) is 0 Å². The van der Waals surface area contributed by atoms with Crippen molar-refractivity contribution in [3.05, 3.63) is 69.6 Å². The summed E-state index contributed by atoms with van der Waals surface area (Å²) in [6.45, 7) is 1.84. The van der Waals surface area contributed by atoms with Gasteiger partial charge in [0.25, 0.3) is 0 Å². The molecule has 0 spiro atoms. The summed E-state index contributed by atoms with van der Waals surface area (Å²) in [6, 6.07) is 11.8. The molecule has 1 aliphatic rings. The number of allylic oxidation sites excluding steroid dienone is 1. The van der Waals surface area contributed by atoms with Crippen molar-refractivity contribution in [2.75, 3.05) is 5.32 Å². The summed E-state index contributed by atoms with van der Waals surface area (Å²) in [5, 5.41) is 12.4. The average Bonchev–Trinajstić information content (AvgIpc) is 3.29. The third-order valence-corrected chi connectivity index (χ3v) is 5.78. The van der Waals surface area contributed by atoms with Crippen LogP contribution in [-0.4, -0.2) is 20.7 Å². The maximum absolute atomic E-state index is 12.1. The third kappa shape index (κ3) is 3.13. The van der Waals surface area contributed by atoms with Gasteiger partial charge in [-0.3, -0.25) is 4.79 Å². The average molecular weight is 384 g/mol. The van der Waals surface area contributed by atoms with Crippen LogP contribution >= 0.6 is 23.1 Å². The molecule has 3 aromatic rings. The lowest BCUT2D eigenvalue weighted by Crippen LogP contribution is -2.31. The van der Waals surface area contributed by atoms with Crippen LogP contribution in [0.4, 0.5) is 5.95 Å². The number of benzene rings is 1. The molecule has 0 saturated heterocycles. The van der Waals surface area contributed by atoms with Crippen LogP contribution in [0.1, 0.15) is 24.1 Å². The van der Waals surface area contributed by atoms with Crippen molar-refractivity contribution < 1.29 is 4.79 Å². The minimum atomic E-state index is -0.453. The first kappa shape index (κ1) is 16.9. The molecule has 0 bridgehead atoms. The van der Waals surface area contributed by atoms with Gasteiger partial charge in [0.05, 0.1) is 5.57 Å². The fourth-order valence-electron chi connectivity index (χ4n) is 2.97. The van der Waals surface area contributed by atoms with Gasteiger partial charge in [-0.15, -0.1) is 5.10 Å². The Morgan fingerprint density at radius 3 is 2.85 bits per heavy atom. The van der Waals surface area contributed by atoms with Crippen molar-refractivity contribution in [2.24, 2.45) is 5.73 Å². The predicted octanol–water partition coefficient (Wildman–Crippen LogP) is 3.41. The number of hydrogen-bond donors (Lipinski definition) is 2. The van der Waals surface area contributed by atoms with Crippen molar-refractivity contribution in [3.63, 3.8) is 0 Å².